The topological polar surface area (TPSA) is 84.5 Å². The van der Waals surface area contributed by atoms with Gasteiger partial charge in [-0.1, -0.05) is 0 Å². The van der Waals surface area contributed by atoms with Gasteiger partial charge >= 0.3 is 5.97 Å². The summed E-state index contributed by atoms with van der Waals surface area (Å²) in [5, 5.41) is 5.50. The lowest BCUT2D eigenvalue weighted by Gasteiger charge is -2.19. The second-order valence-corrected chi connectivity index (χ2v) is 12.0. The first-order valence-electron chi connectivity index (χ1n) is 7.57. The fourth-order valence-electron chi connectivity index (χ4n) is 2.15. The number of ether oxygens (including phenoxy) is 1. The highest BCUT2D eigenvalue weighted by Crippen LogP contribution is 2.40. The van der Waals surface area contributed by atoms with Crippen molar-refractivity contribution >= 4 is 165 Å². The molecule has 0 unspecified atom stereocenters. The molecule has 6 nitrogen and oxygen atoms in total. The maximum atomic E-state index is 13.1. The van der Waals surface area contributed by atoms with Crippen LogP contribution in [0, 0.1) is 21.4 Å². The average molecular weight is 1070 g/mol. The van der Waals surface area contributed by atoms with Gasteiger partial charge in [0, 0.05) is 21.0 Å². The molecule has 29 heavy (non-hydrogen) atoms. The first-order chi connectivity index (χ1) is 13.5. The van der Waals surface area contributed by atoms with E-state index in [0.717, 1.165) is 10.7 Å². The molecule has 0 aliphatic carbocycles. The van der Waals surface area contributed by atoms with Crippen molar-refractivity contribution in [2.75, 3.05) is 10.6 Å². The third-order valence-electron chi connectivity index (χ3n) is 3.33. The molecule has 0 aromatic heterocycles. The zero-order valence-electron chi connectivity index (χ0n) is 14.6. The first-order valence-corrected chi connectivity index (χ1v) is 14.0. The predicted molar refractivity (Wildman–Crippen MR) is 163 cm³/mol. The van der Waals surface area contributed by atoms with Crippen LogP contribution >= 0.6 is 136 Å². The lowest BCUT2D eigenvalue weighted by atomic mass is 10.1. The maximum Gasteiger partial charge on any atom is 0.345 e. The van der Waals surface area contributed by atoms with Crippen LogP contribution in [0.5, 0.6) is 5.75 Å². The van der Waals surface area contributed by atoms with Gasteiger partial charge in [-0.3, -0.25) is 9.59 Å². The molecule has 2 aromatic carbocycles. The monoisotopic (exact) mass is 1070 g/mol. The van der Waals surface area contributed by atoms with Gasteiger partial charge in [0.25, 0.3) is 0 Å². The number of hydrogen-bond donors (Lipinski definition) is 2. The van der Waals surface area contributed by atoms with Crippen molar-refractivity contribution in [2.45, 2.75) is 13.8 Å². The zero-order chi connectivity index (χ0) is 22.0. The highest BCUT2D eigenvalue weighted by molar-refractivity contribution is 14.1. The molecule has 0 fully saturated rings. The van der Waals surface area contributed by atoms with Gasteiger partial charge in [-0.05, 0) is 148 Å². The van der Waals surface area contributed by atoms with E-state index in [4.69, 9.17) is 4.74 Å². The largest absolute Gasteiger partial charge is 0.422 e. The van der Waals surface area contributed by atoms with Gasteiger partial charge < -0.3 is 15.4 Å². The van der Waals surface area contributed by atoms with E-state index in [0.29, 0.717) is 27.8 Å². The van der Waals surface area contributed by atoms with Crippen LogP contribution in [0.2, 0.25) is 0 Å². The molecule has 0 atom stereocenters. The van der Waals surface area contributed by atoms with Crippen molar-refractivity contribution in [3.8, 4) is 5.75 Å². The molecule has 2 aromatic rings. The molecule has 2 rings (SSSR count). The smallest absolute Gasteiger partial charge is 0.345 e. The van der Waals surface area contributed by atoms with Gasteiger partial charge in [-0.15, -0.1) is 0 Å². The molecule has 0 saturated heterocycles. The van der Waals surface area contributed by atoms with Crippen molar-refractivity contribution in [3.63, 3.8) is 0 Å². The number of carbonyl (C=O) groups excluding carboxylic acids is 3. The molecule has 2 amide bonds. The van der Waals surface area contributed by atoms with Crippen molar-refractivity contribution in [3.05, 3.63) is 39.1 Å². The zero-order valence-corrected chi connectivity index (χ0v) is 27.5. The number of rotatable bonds is 4. The molecule has 2 N–H and O–H groups in total. The molecule has 0 aliphatic heterocycles. The summed E-state index contributed by atoms with van der Waals surface area (Å²) in [6, 6.07) is 3.63. The van der Waals surface area contributed by atoms with Crippen molar-refractivity contribution in [2.24, 2.45) is 0 Å². The van der Waals surface area contributed by atoms with E-state index in [9.17, 15) is 14.4 Å². The Morgan fingerprint density at radius 1 is 0.724 bits per heavy atom. The van der Waals surface area contributed by atoms with Crippen LogP contribution in [0.25, 0.3) is 0 Å². The summed E-state index contributed by atoms with van der Waals surface area (Å²) >= 11 is 12.6. The fourth-order valence-corrected chi connectivity index (χ4v) is 8.29. The number of hydrogen-bond acceptors (Lipinski definition) is 4. The molecular formula is C17H10I6N2O4. The third kappa shape index (κ3) is 6.39. The number of amides is 2. The lowest BCUT2D eigenvalue weighted by Crippen LogP contribution is -2.20. The summed E-state index contributed by atoms with van der Waals surface area (Å²) in [7, 11) is 0. The van der Waals surface area contributed by atoms with Crippen molar-refractivity contribution in [1.82, 2.24) is 0 Å². The van der Waals surface area contributed by atoms with Gasteiger partial charge in [0.1, 0.15) is 5.75 Å². The second-order valence-electron chi connectivity index (χ2n) is 5.49. The lowest BCUT2D eigenvalue weighted by molar-refractivity contribution is -0.115. The minimum absolute atomic E-state index is 0.281. The Kier molecular flexibility index (Phi) is 10.4. The first kappa shape index (κ1) is 26.5. The Balaban J connectivity index is 2.64. The van der Waals surface area contributed by atoms with Crippen LogP contribution in [0.3, 0.4) is 0 Å². The Hall–Kier alpha value is 1.23. The Morgan fingerprint density at radius 2 is 1.21 bits per heavy atom. The SMILES string of the molecule is CC(=O)Nc1c(I)c(NC(C)=O)c(I)c(C(=O)Oc2ccc(I)c(I)c2I)c1I. The summed E-state index contributed by atoms with van der Waals surface area (Å²) < 4.78 is 10.3. The third-order valence-corrected chi connectivity index (χ3v) is 11.7. The molecule has 0 aliphatic rings. The second kappa shape index (κ2) is 11.4. The molecule has 0 saturated carbocycles. The summed E-state index contributed by atoms with van der Waals surface area (Å²) in [6.45, 7) is 2.77. The molecule has 0 spiro atoms. The van der Waals surface area contributed by atoms with Crippen LogP contribution < -0.4 is 15.4 Å². The summed E-state index contributed by atoms with van der Waals surface area (Å²) in [5.74, 6) is -0.676. The van der Waals surface area contributed by atoms with Crippen molar-refractivity contribution in [1.29, 1.82) is 0 Å². The molecule has 154 valence electrons. The van der Waals surface area contributed by atoms with E-state index < -0.39 is 5.97 Å². The molecule has 0 heterocycles. The van der Waals surface area contributed by atoms with E-state index in [1.165, 1.54) is 13.8 Å². The summed E-state index contributed by atoms with van der Waals surface area (Å²) in [5.41, 5.74) is 1.20. The van der Waals surface area contributed by atoms with Crippen molar-refractivity contribution < 1.29 is 19.1 Å². The van der Waals surface area contributed by atoms with Crippen LogP contribution in [0.15, 0.2) is 12.1 Å². The maximum absolute atomic E-state index is 13.1. The molecule has 0 bridgehead atoms. The van der Waals surface area contributed by atoms with E-state index in [1.54, 1.807) is 6.07 Å². The van der Waals surface area contributed by atoms with E-state index in [1.807, 2.05) is 73.8 Å². The average Bonchev–Trinajstić information content (AvgIpc) is 2.62. The van der Waals surface area contributed by atoms with Gasteiger partial charge in [0.05, 0.1) is 31.2 Å². The summed E-state index contributed by atoms with van der Waals surface area (Å²) in [4.78, 5) is 36.5. The Bertz CT molecular complexity index is 998. The number of carbonyl (C=O) groups is 3. The summed E-state index contributed by atoms with van der Waals surface area (Å²) in [6.07, 6.45) is 0. The highest BCUT2D eigenvalue weighted by Gasteiger charge is 2.27. The van der Waals surface area contributed by atoms with E-state index in [2.05, 4.69) is 78.4 Å². The van der Waals surface area contributed by atoms with E-state index >= 15 is 0 Å². The normalized spacial score (nSPS) is 10.5. The van der Waals surface area contributed by atoms with Crippen LogP contribution in [-0.2, 0) is 9.59 Å². The highest BCUT2D eigenvalue weighted by atomic mass is 127. The molecule has 12 heteroatoms. The quantitative estimate of drug-likeness (QED) is 0.160. The van der Waals surface area contributed by atoms with Crippen LogP contribution in [0.4, 0.5) is 11.4 Å². The van der Waals surface area contributed by atoms with Gasteiger partial charge in [0.2, 0.25) is 11.8 Å². The van der Waals surface area contributed by atoms with Gasteiger partial charge in [-0.2, -0.15) is 0 Å². The Labute approximate surface area is 249 Å². The molecule has 0 radical (unpaired) electrons. The Morgan fingerprint density at radius 3 is 1.66 bits per heavy atom. The number of nitrogens with one attached hydrogen (secondary N) is 2. The number of anilines is 2. The van der Waals surface area contributed by atoms with E-state index in [-0.39, 0.29) is 17.4 Å². The number of halogens is 6. The molecular weight excluding hydrogens is 1060 g/mol. The number of esters is 1. The minimum Gasteiger partial charge on any atom is -0.422 e. The van der Waals surface area contributed by atoms with Crippen LogP contribution in [-0.4, -0.2) is 17.8 Å². The standard InChI is InChI=1S/C17H10I6N2O4/c1-5(26)24-15-12(21)9(13(22)16(14(15)23)25-6(2)27)17(28)29-8-4-3-7(18)10(19)11(8)20/h3-4H,1-2H3,(H,24,26)(H,25,27). The van der Waals surface area contributed by atoms with Crippen LogP contribution in [0.1, 0.15) is 24.2 Å². The minimum atomic E-state index is -0.566. The number of benzene rings is 2. The fraction of sp³-hybridized carbons (Fsp3) is 0.118. The predicted octanol–water partition coefficient (Wildman–Crippen LogP) is 6.45. The van der Waals surface area contributed by atoms with Gasteiger partial charge in [-0.25, -0.2) is 4.79 Å². The van der Waals surface area contributed by atoms with Gasteiger partial charge in [0.15, 0.2) is 0 Å².